The first kappa shape index (κ1) is 16.9. The molecule has 1 amide bonds. The number of nitrogens with one attached hydrogen (secondary N) is 1. The molecule has 4 rings (SSSR count). The normalized spacial score (nSPS) is 11.1. The highest BCUT2D eigenvalue weighted by atomic mass is 32.2. The van der Waals surface area contributed by atoms with Crippen LogP contribution in [0.1, 0.15) is 5.56 Å². The van der Waals surface area contributed by atoms with Gasteiger partial charge in [0, 0.05) is 23.6 Å². The first-order chi connectivity index (χ1) is 12.7. The van der Waals surface area contributed by atoms with Gasteiger partial charge in [-0.2, -0.15) is 0 Å². The van der Waals surface area contributed by atoms with Crippen molar-refractivity contribution < 1.29 is 9.18 Å². The summed E-state index contributed by atoms with van der Waals surface area (Å²) >= 11 is 2.76. The lowest BCUT2D eigenvalue weighted by atomic mass is 10.2. The molecule has 0 aliphatic rings. The van der Waals surface area contributed by atoms with Crippen LogP contribution in [0.3, 0.4) is 0 Å². The van der Waals surface area contributed by atoms with Crippen molar-refractivity contribution in [1.29, 1.82) is 0 Å². The Balaban J connectivity index is 1.50. The summed E-state index contributed by atoms with van der Waals surface area (Å²) in [6.07, 6.45) is 4.82. The van der Waals surface area contributed by atoms with Crippen molar-refractivity contribution >= 4 is 49.3 Å². The molecule has 4 aromatic rings. The molecule has 0 fully saturated rings. The Hall–Kier alpha value is -2.58. The van der Waals surface area contributed by atoms with Crippen molar-refractivity contribution in [1.82, 2.24) is 20.3 Å². The van der Waals surface area contributed by atoms with Gasteiger partial charge in [0.15, 0.2) is 0 Å². The monoisotopic (exact) mass is 384 g/mol. The Kier molecular flexibility index (Phi) is 4.77. The summed E-state index contributed by atoms with van der Waals surface area (Å²) in [6, 6.07) is 8.70. The van der Waals surface area contributed by atoms with Gasteiger partial charge in [0.2, 0.25) is 5.91 Å². The molecule has 26 heavy (non-hydrogen) atoms. The van der Waals surface area contributed by atoms with E-state index < -0.39 is 0 Å². The third-order valence-electron chi connectivity index (χ3n) is 3.75. The zero-order valence-corrected chi connectivity index (χ0v) is 15.1. The number of hydrogen-bond acceptors (Lipinski definition) is 6. The third-order valence-corrected chi connectivity index (χ3v) is 6.02. The minimum atomic E-state index is -0.294. The number of carbonyl (C=O) groups is 1. The van der Waals surface area contributed by atoms with E-state index in [9.17, 15) is 9.18 Å². The van der Waals surface area contributed by atoms with Crippen LogP contribution >= 0.6 is 23.1 Å². The highest BCUT2D eigenvalue weighted by Crippen LogP contribution is 2.38. The maximum absolute atomic E-state index is 14.1. The maximum atomic E-state index is 14.1. The van der Waals surface area contributed by atoms with Crippen LogP contribution in [-0.2, 0) is 11.3 Å². The number of halogens is 1. The number of fused-ring (bicyclic) bond motifs is 3. The van der Waals surface area contributed by atoms with E-state index in [2.05, 4.69) is 20.3 Å². The van der Waals surface area contributed by atoms with Gasteiger partial charge in [0.05, 0.1) is 21.4 Å². The third kappa shape index (κ3) is 3.38. The number of thioether (sulfide) groups is 1. The molecule has 0 atom stereocenters. The van der Waals surface area contributed by atoms with Crippen LogP contribution < -0.4 is 5.32 Å². The summed E-state index contributed by atoms with van der Waals surface area (Å²) in [5, 5.41) is 4.05. The van der Waals surface area contributed by atoms with E-state index in [1.54, 1.807) is 18.5 Å². The van der Waals surface area contributed by atoms with Gasteiger partial charge >= 0.3 is 0 Å². The number of pyridine rings is 1. The quantitative estimate of drug-likeness (QED) is 0.419. The Morgan fingerprint density at radius 1 is 1.23 bits per heavy atom. The summed E-state index contributed by atoms with van der Waals surface area (Å²) in [5.74, 6) is -0.168. The standard InChI is InChI=1S/C18H13FN4OS2/c19-12-4-1-5-13-15(12)16-17(26-13)18(23-10-22-16)25-9-14(24)21-8-11-3-2-6-20-7-11/h1-7,10H,8-9H2,(H,21,24). The number of hydrogen-bond donors (Lipinski definition) is 1. The van der Waals surface area contributed by atoms with Crippen LogP contribution in [0.15, 0.2) is 54.1 Å². The van der Waals surface area contributed by atoms with Crippen molar-refractivity contribution in [3.8, 4) is 0 Å². The number of benzene rings is 1. The van der Waals surface area contributed by atoms with Crippen molar-refractivity contribution in [2.75, 3.05) is 5.75 Å². The fourth-order valence-corrected chi connectivity index (χ4v) is 4.62. The molecule has 5 nitrogen and oxygen atoms in total. The lowest BCUT2D eigenvalue weighted by Crippen LogP contribution is -2.24. The Morgan fingerprint density at radius 3 is 3.00 bits per heavy atom. The number of aromatic nitrogens is 3. The van der Waals surface area contributed by atoms with Gasteiger partial charge in [-0.05, 0) is 23.8 Å². The molecule has 8 heteroatoms. The number of thiophene rings is 1. The molecule has 130 valence electrons. The fourth-order valence-electron chi connectivity index (χ4n) is 2.55. The second kappa shape index (κ2) is 7.35. The number of amides is 1. The number of rotatable bonds is 5. The van der Waals surface area contributed by atoms with E-state index in [0.29, 0.717) is 22.5 Å². The van der Waals surface area contributed by atoms with Gasteiger partial charge in [0.1, 0.15) is 17.2 Å². The van der Waals surface area contributed by atoms with Crippen LogP contribution in [0, 0.1) is 5.82 Å². The van der Waals surface area contributed by atoms with Gasteiger partial charge in [0.25, 0.3) is 0 Å². The van der Waals surface area contributed by atoms with Crippen molar-refractivity contribution in [2.24, 2.45) is 0 Å². The van der Waals surface area contributed by atoms with Gasteiger partial charge in [-0.15, -0.1) is 11.3 Å². The molecule has 1 N–H and O–H groups in total. The molecule has 0 unspecified atom stereocenters. The molecule has 0 bridgehead atoms. The van der Waals surface area contributed by atoms with Crippen LogP contribution in [0.25, 0.3) is 20.3 Å². The van der Waals surface area contributed by atoms with Crippen LogP contribution in [0.5, 0.6) is 0 Å². The SMILES string of the molecule is O=C(CSc1ncnc2c1sc1cccc(F)c12)NCc1cccnc1. The molecule has 0 aliphatic heterocycles. The second-order valence-electron chi connectivity index (χ2n) is 5.50. The fraction of sp³-hybridized carbons (Fsp3) is 0.111. The topological polar surface area (TPSA) is 67.8 Å². The maximum Gasteiger partial charge on any atom is 0.230 e. The first-order valence-corrected chi connectivity index (χ1v) is 9.62. The van der Waals surface area contributed by atoms with Crippen LogP contribution in [-0.4, -0.2) is 26.6 Å². The predicted octanol–water partition coefficient (Wildman–Crippen LogP) is 3.79. The van der Waals surface area contributed by atoms with Gasteiger partial charge in [-0.1, -0.05) is 23.9 Å². The van der Waals surface area contributed by atoms with Crippen molar-refractivity contribution in [3.05, 3.63) is 60.4 Å². The van der Waals surface area contributed by atoms with Crippen LogP contribution in [0.2, 0.25) is 0 Å². The van der Waals surface area contributed by atoms with E-state index >= 15 is 0 Å². The molecule has 3 aromatic heterocycles. The Bertz CT molecular complexity index is 1080. The van der Waals surface area contributed by atoms with E-state index in [0.717, 1.165) is 15.0 Å². The van der Waals surface area contributed by atoms with Crippen molar-refractivity contribution in [2.45, 2.75) is 11.6 Å². The minimum Gasteiger partial charge on any atom is -0.351 e. The second-order valence-corrected chi connectivity index (χ2v) is 7.51. The van der Waals surface area contributed by atoms with Gasteiger partial charge in [-0.25, -0.2) is 14.4 Å². The van der Waals surface area contributed by atoms with Gasteiger partial charge < -0.3 is 5.32 Å². The summed E-state index contributed by atoms with van der Waals surface area (Å²) in [6.45, 7) is 0.431. The van der Waals surface area contributed by atoms with E-state index in [1.165, 1.54) is 35.5 Å². The highest BCUT2D eigenvalue weighted by Gasteiger charge is 2.15. The highest BCUT2D eigenvalue weighted by molar-refractivity contribution is 8.00. The van der Waals surface area contributed by atoms with Gasteiger partial charge in [-0.3, -0.25) is 9.78 Å². The average Bonchev–Trinajstić information content (AvgIpc) is 3.06. The summed E-state index contributed by atoms with van der Waals surface area (Å²) in [5.41, 5.74) is 1.53. The molecule has 3 heterocycles. The molecular formula is C18H13FN4OS2. The van der Waals surface area contributed by atoms with E-state index in [1.807, 2.05) is 18.2 Å². The molecule has 0 saturated heterocycles. The molecular weight excluding hydrogens is 371 g/mol. The zero-order valence-electron chi connectivity index (χ0n) is 13.5. The molecule has 0 saturated carbocycles. The minimum absolute atomic E-state index is 0.0992. The Morgan fingerprint density at radius 2 is 2.15 bits per heavy atom. The Labute approximate surface area is 156 Å². The lowest BCUT2D eigenvalue weighted by Gasteiger charge is -2.05. The number of nitrogens with zero attached hydrogens (tertiary/aromatic N) is 3. The summed E-state index contributed by atoms with van der Waals surface area (Å²) < 4.78 is 15.8. The summed E-state index contributed by atoms with van der Waals surface area (Å²) in [7, 11) is 0. The molecule has 1 aromatic carbocycles. The zero-order chi connectivity index (χ0) is 17.9. The largest absolute Gasteiger partial charge is 0.351 e. The van der Waals surface area contributed by atoms with Crippen LogP contribution in [0.4, 0.5) is 4.39 Å². The van der Waals surface area contributed by atoms with E-state index in [-0.39, 0.29) is 17.5 Å². The summed E-state index contributed by atoms with van der Waals surface area (Å²) in [4.78, 5) is 24.6. The number of carbonyl (C=O) groups excluding carboxylic acids is 1. The first-order valence-electron chi connectivity index (χ1n) is 7.82. The molecule has 0 radical (unpaired) electrons. The van der Waals surface area contributed by atoms with Crippen molar-refractivity contribution in [3.63, 3.8) is 0 Å². The predicted molar refractivity (Wildman–Crippen MR) is 102 cm³/mol. The smallest absolute Gasteiger partial charge is 0.230 e. The van der Waals surface area contributed by atoms with E-state index in [4.69, 9.17) is 0 Å². The molecule has 0 spiro atoms. The average molecular weight is 384 g/mol. The lowest BCUT2D eigenvalue weighted by molar-refractivity contribution is -0.118. The molecule has 0 aliphatic carbocycles.